The van der Waals surface area contributed by atoms with Gasteiger partial charge in [-0.15, -0.1) is 0 Å². The number of hydrogen-bond donors (Lipinski definition) is 0. The summed E-state index contributed by atoms with van der Waals surface area (Å²) in [7, 11) is 0. The molecule has 0 bridgehead atoms. The zero-order valence-electron chi connectivity index (χ0n) is 10.5. The van der Waals surface area contributed by atoms with Crippen LogP contribution < -0.4 is 4.74 Å². The molecule has 0 aromatic heterocycles. The van der Waals surface area contributed by atoms with E-state index in [2.05, 4.69) is 0 Å². The van der Waals surface area contributed by atoms with Crippen LogP contribution in [-0.2, 0) is 11.2 Å². The van der Waals surface area contributed by atoms with Crippen LogP contribution in [0.1, 0.15) is 41.6 Å². The molecule has 2 aliphatic rings. The van der Waals surface area contributed by atoms with Crippen LogP contribution in [0, 0.1) is 0 Å². The number of carbonyl (C=O) groups is 1. The Morgan fingerprint density at radius 3 is 3.06 bits per heavy atom. The molecule has 96 valence electrons. The number of fused-ring (bicyclic) bond motifs is 1. The normalized spacial score (nSPS) is 22.9. The molecule has 0 saturated carbocycles. The molecule has 0 radical (unpaired) electrons. The number of rotatable bonds is 3. The van der Waals surface area contributed by atoms with Gasteiger partial charge in [-0.3, -0.25) is 4.79 Å². The lowest BCUT2D eigenvalue weighted by molar-refractivity contribution is 0.0675. The van der Waals surface area contributed by atoms with Crippen LogP contribution in [0.2, 0.25) is 0 Å². The molecule has 0 spiro atoms. The molecule has 3 heteroatoms. The molecule has 1 aliphatic heterocycles. The van der Waals surface area contributed by atoms with Crippen LogP contribution in [0.25, 0.3) is 0 Å². The average Bonchev–Trinajstić information content (AvgIpc) is 2.90. The fourth-order valence-electron chi connectivity index (χ4n) is 2.74. The Morgan fingerprint density at radius 1 is 1.28 bits per heavy atom. The second-order valence-corrected chi connectivity index (χ2v) is 5.01. The molecule has 1 fully saturated rings. The highest BCUT2D eigenvalue weighted by atomic mass is 16.5. The summed E-state index contributed by atoms with van der Waals surface area (Å²) in [4.78, 5) is 11.8. The highest BCUT2D eigenvalue weighted by Crippen LogP contribution is 2.30. The van der Waals surface area contributed by atoms with Crippen molar-refractivity contribution < 1.29 is 14.3 Å². The third-order valence-corrected chi connectivity index (χ3v) is 3.71. The quantitative estimate of drug-likeness (QED) is 0.822. The molecule has 1 atom stereocenters. The average molecular weight is 246 g/mol. The van der Waals surface area contributed by atoms with Crippen LogP contribution in [0.15, 0.2) is 18.2 Å². The Bertz CT molecular complexity index is 447. The van der Waals surface area contributed by atoms with Gasteiger partial charge < -0.3 is 9.47 Å². The van der Waals surface area contributed by atoms with Gasteiger partial charge in [-0.2, -0.15) is 0 Å². The summed E-state index contributed by atoms with van der Waals surface area (Å²) in [6.07, 6.45) is 4.98. The minimum atomic E-state index is 0.222. The monoisotopic (exact) mass is 246 g/mol. The third kappa shape index (κ3) is 2.27. The molecule has 3 rings (SSSR count). The van der Waals surface area contributed by atoms with Gasteiger partial charge in [0.2, 0.25) is 0 Å². The number of Topliss-reactive ketones (excluding diaryl/α,β-unsaturated/α-hetero) is 1. The number of ketones is 1. The standard InChI is InChI=1S/C15H18O3/c16-14-7-1-6-13-12(14)5-2-8-15(13)18-10-11-4-3-9-17-11/h2,5,8,11H,1,3-4,6-7,9-10H2. The molecule has 18 heavy (non-hydrogen) atoms. The molecule has 3 nitrogen and oxygen atoms in total. The van der Waals surface area contributed by atoms with Crippen LogP contribution >= 0.6 is 0 Å². The Labute approximate surface area is 107 Å². The Balaban J connectivity index is 1.75. The van der Waals surface area contributed by atoms with E-state index in [1.165, 1.54) is 0 Å². The molecule has 1 heterocycles. The molecule has 0 amide bonds. The van der Waals surface area contributed by atoms with E-state index in [0.29, 0.717) is 13.0 Å². The molecular weight excluding hydrogens is 228 g/mol. The Kier molecular flexibility index (Phi) is 3.33. The number of benzene rings is 1. The van der Waals surface area contributed by atoms with E-state index in [1.807, 2.05) is 18.2 Å². The van der Waals surface area contributed by atoms with Crippen molar-refractivity contribution in [3.63, 3.8) is 0 Å². The smallest absolute Gasteiger partial charge is 0.163 e. The minimum Gasteiger partial charge on any atom is -0.491 e. The van der Waals surface area contributed by atoms with Crippen molar-refractivity contribution in [2.24, 2.45) is 0 Å². The SMILES string of the molecule is O=C1CCCc2c(OCC3CCCO3)cccc21. The molecule has 1 aromatic rings. The maximum Gasteiger partial charge on any atom is 0.163 e. The van der Waals surface area contributed by atoms with Crippen molar-refractivity contribution in [3.05, 3.63) is 29.3 Å². The minimum absolute atomic E-state index is 0.222. The van der Waals surface area contributed by atoms with E-state index in [-0.39, 0.29) is 11.9 Å². The zero-order chi connectivity index (χ0) is 12.4. The van der Waals surface area contributed by atoms with Gasteiger partial charge in [-0.25, -0.2) is 0 Å². The number of carbonyl (C=O) groups excluding carboxylic acids is 1. The maximum absolute atomic E-state index is 11.8. The second kappa shape index (κ2) is 5.11. The Morgan fingerprint density at radius 2 is 2.22 bits per heavy atom. The van der Waals surface area contributed by atoms with Crippen molar-refractivity contribution in [1.82, 2.24) is 0 Å². The van der Waals surface area contributed by atoms with E-state index in [0.717, 1.165) is 49.2 Å². The van der Waals surface area contributed by atoms with Gasteiger partial charge in [0, 0.05) is 24.2 Å². The largest absolute Gasteiger partial charge is 0.491 e. The molecular formula is C15H18O3. The van der Waals surface area contributed by atoms with Crippen LogP contribution in [-0.4, -0.2) is 25.1 Å². The summed E-state index contributed by atoms with van der Waals surface area (Å²) in [5, 5.41) is 0. The van der Waals surface area contributed by atoms with Gasteiger partial charge in [-0.1, -0.05) is 12.1 Å². The van der Waals surface area contributed by atoms with Gasteiger partial charge in [0.1, 0.15) is 12.4 Å². The fourth-order valence-corrected chi connectivity index (χ4v) is 2.74. The maximum atomic E-state index is 11.8. The van der Waals surface area contributed by atoms with Gasteiger partial charge in [-0.05, 0) is 31.7 Å². The highest BCUT2D eigenvalue weighted by Gasteiger charge is 2.21. The predicted molar refractivity (Wildman–Crippen MR) is 68.2 cm³/mol. The second-order valence-electron chi connectivity index (χ2n) is 5.01. The molecule has 1 aliphatic carbocycles. The summed E-state index contributed by atoms with van der Waals surface area (Å²) in [5.41, 5.74) is 1.94. The van der Waals surface area contributed by atoms with Crippen molar-refractivity contribution in [2.75, 3.05) is 13.2 Å². The van der Waals surface area contributed by atoms with Gasteiger partial charge in [0.15, 0.2) is 5.78 Å². The first kappa shape index (κ1) is 11.7. The van der Waals surface area contributed by atoms with Gasteiger partial charge in [0.05, 0.1) is 6.10 Å². The topological polar surface area (TPSA) is 35.5 Å². The first-order chi connectivity index (χ1) is 8.84. The number of ether oxygens (including phenoxy) is 2. The zero-order valence-corrected chi connectivity index (χ0v) is 10.5. The van der Waals surface area contributed by atoms with Crippen LogP contribution in [0.5, 0.6) is 5.75 Å². The summed E-state index contributed by atoms with van der Waals surface area (Å²) in [6, 6.07) is 5.79. The van der Waals surface area contributed by atoms with E-state index >= 15 is 0 Å². The molecule has 1 saturated heterocycles. The summed E-state index contributed by atoms with van der Waals surface area (Å²) >= 11 is 0. The van der Waals surface area contributed by atoms with Crippen molar-refractivity contribution >= 4 is 5.78 Å². The van der Waals surface area contributed by atoms with E-state index in [1.54, 1.807) is 0 Å². The predicted octanol–water partition coefficient (Wildman–Crippen LogP) is 2.76. The van der Waals surface area contributed by atoms with Crippen LogP contribution in [0.4, 0.5) is 0 Å². The first-order valence-corrected chi connectivity index (χ1v) is 6.74. The van der Waals surface area contributed by atoms with Gasteiger partial charge >= 0.3 is 0 Å². The lowest BCUT2D eigenvalue weighted by atomic mass is 9.90. The van der Waals surface area contributed by atoms with E-state index < -0.39 is 0 Å². The Hall–Kier alpha value is -1.35. The first-order valence-electron chi connectivity index (χ1n) is 6.74. The lowest BCUT2D eigenvalue weighted by Crippen LogP contribution is -2.18. The third-order valence-electron chi connectivity index (χ3n) is 3.71. The number of hydrogen-bond acceptors (Lipinski definition) is 3. The summed E-state index contributed by atoms with van der Waals surface area (Å²) < 4.78 is 11.4. The van der Waals surface area contributed by atoms with Gasteiger partial charge in [0.25, 0.3) is 0 Å². The van der Waals surface area contributed by atoms with Crippen molar-refractivity contribution in [2.45, 2.75) is 38.2 Å². The van der Waals surface area contributed by atoms with E-state index in [9.17, 15) is 4.79 Å². The van der Waals surface area contributed by atoms with E-state index in [4.69, 9.17) is 9.47 Å². The summed E-state index contributed by atoms with van der Waals surface area (Å²) in [6.45, 7) is 1.45. The van der Waals surface area contributed by atoms with Crippen molar-refractivity contribution in [1.29, 1.82) is 0 Å². The van der Waals surface area contributed by atoms with Crippen molar-refractivity contribution in [3.8, 4) is 5.75 Å². The summed E-state index contributed by atoms with van der Waals surface area (Å²) in [5.74, 6) is 1.12. The molecule has 0 N–H and O–H groups in total. The molecule has 1 aromatic carbocycles. The van der Waals surface area contributed by atoms with Crippen LogP contribution in [0.3, 0.4) is 0 Å². The fraction of sp³-hybridized carbons (Fsp3) is 0.533. The molecule has 1 unspecified atom stereocenters. The highest BCUT2D eigenvalue weighted by molar-refractivity contribution is 5.99. The lowest BCUT2D eigenvalue weighted by Gasteiger charge is -2.19.